The minimum atomic E-state index is -2.17. The number of hydrogen-bond donors (Lipinski definition) is 16. The first-order chi connectivity index (χ1) is 41.7. The van der Waals surface area contributed by atoms with Crippen LogP contribution in [0, 0.1) is 50.2 Å². The molecule has 510 valence electrons. The average molecular weight is 1280 g/mol. The molecule has 16 N–H and O–H groups in total. The number of hydrogen-bond acceptors (Lipinski definition) is 28. The number of fused-ring (bicyclic) bond motifs is 7. The fourth-order valence-corrected chi connectivity index (χ4v) is 17.9. The van der Waals surface area contributed by atoms with Crippen molar-refractivity contribution in [3.8, 4) is 0 Å². The molecule has 10 aliphatic rings. The summed E-state index contributed by atoms with van der Waals surface area (Å²) in [5.41, 5.74) is -2.54. The van der Waals surface area contributed by atoms with E-state index in [9.17, 15) is 91.3 Å². The lowest BCUT2D eigenvalue weighted by Crippen LogP contribution is -2.69. The molecule has 0 aromatic rings. The first-order valence-electron chi connectivity index (χ1n) is 31.2. The molecule has 5 heterocycles. The van der Waals surface area contributed by atoms with E-state index < -0.39 is 225 Å². The molecule has 29 heteroatoms. The molecule has 10 rings (SSSR count). The minimum absolute atomic E-state index is 0.0285. The van der Waals surface area contributed by atoms with Crippen LogP contribution in [0.25, 0.3) is 0 Å². The molecule has 5 saturated heterocycles. The van der Waals surface area contributed by atoms with Crippen molar-refractivity contribution in [3.05, 3.63) is 11.6 Å². The smallest absolute Gasteiger partial charge is 0.335 e. The Labute approximate surface area is 515 Å². The number of carboxylic acids is 1. The van der Waals surface area contributed by atoms with Gasteiger partial charge in [0.2, 0.25) is 0 Å². The van der Waals surface area contributed by atoms with Gasteiger partial charge < -0.3 is 134 Å². The van der Waals surface area contributed by atoms with E-state index >= 15 is 0 Å². The van der Waals surface area contributed by atoms with E-state index in [1.54, 1.807) is 0 Å². The molecule has 0 aromatic carbocycles. The molecule has 0 radical (unpaired) electrons. The molecule has 0 bridgehead atoms. The maximum Gasteiger partial charge on any atom is 0.335 e. The summed E-state index contributed by atoms with van der Waals surface area (Å²) in [6.45, 7) is 13.0. The standard InChI is InChI=1S/C60H96O29/c1-23(64)81-44-33(67)26(65)20-80-52(44)85-42-27(66)21-79-50(41(42)75)89-48-47(76)55(2,3)17-25-24-9-10-31-57(5)13-12-32(58(6,22-63)30(57)11-14-60(31,8)59(24,7)16-15-56(25,48)4)84-54-46(39(73)38(72)43(86-54)49(77)78)88-53-45(37(71)35(69)29(19-62)83-53)87-51-40(74)36(70)34(68)28(18-61)82-51/h9,25-48,50-54,61-63,65-76H,10-22H2,1-8H3,(H,77,78). The molecule has 0 amide bonds. The maximum absolute atomic E-state index is 12.7. The van der Waals surface area contributed by atoms with Gasteiger partial charge in [0.05, 0.1) is 51.3 Å². The van der Waals surface area contributed by atoms with Crippen LogP contribution in [0.4, 0.5) is 0 Å². The summed E-state index contributed by atoms with van der Waals surface area (Å²) in [7, 11) is 0. The Hall–Kier alpha value is -2.32. The molecule has 34 atom stereocenters. The number of aliphatic carboxylic acids is 1. The highest BCUT2D eigenvalue weighted by Crippen LogP contribution is 2.76. The van der Waals surface area contributed by atoms with Crippen LogP contribution in [-0.4, -0.2) is 286 Å². The Morgan fingerprint density at radius 1 is 0.551 bits per heavy atom. The van der Waals surface area contributed by atoms with Crippen molar-refractivity contribution in [1.29, 1.82) is 0 Å². The molecule has 9 fully saturated rings. The number of aliphatic hydroxyl groups excluding tert-OH is 15. The Bertz CT molecular complexity index is 2530. The third-order valence-electron chi connectivity index (χ3n) is 23.5. The van der Waals surface area contributed by atoms with E-state index in [-0.39, 0.29) is 36.2 Å². The number of carbonyl (C=O) groups is 2. The van der Waals surface area contributed by atoms with Gasteiger partial charge in [-0.3, -0.25) is 4.79 Å². The Kier molecular flexibility index (Phi) is 20.1. The SMILES string of the molecule is CC(=O)OC1C(OC2C(O)COC(OC3C(O)C(C)(C)CC4C5=CCC6C7(C)CCC(OC8OC(C(=O)O)C(O)C(O)C8OC8OC(CO)C(O)C(O)C8OC8OC(CO)C(O)C(O)C8O)C(C)(CO)C7CCC6(C)C5(C)CCC43C)C2O)OCC(O)C1O. The van der Waals surface area contributed by atoms with E-state index in [2.05, 4.69) is 33.8 Å². The van der Waals surface area contributed by atoms with Gasteiger partial charge in [-0.2, -0.15) is 0 Å². The predicted molar refractivity (Wildman–Crippen MR) is 296 cm³/mol. The Morgan fingerprint density at radius 2 is 1.13 bits per heavy atom. The van der Waals surface area contributed by atoms with Crippen molar-refractivity contribution >= 4 is 11.9 Å². The third-order valence-corrected chi connectivity index (χ3v) is 23.5. The van der Waals surface area contributed by atoms with Crippen LogP contribution in [0.1, 0.15) is 107 Å². The van der Waals surface area contributed by atoms with Crippen LogP contribution < -0.4 is 0 Å². The first-order valence-corrected chi connectivity index (χ1v) is 31.2. The Balaban J connectivity index is 0.892. The van der Waals surface area contributed by atoms with Crippen molar-refractivity contribution in [1.82, 2.24) is 0 Å². The van der Waals surface area contributed by atoms with E-state index in [4.69, 9.17) is 52.1 Å². The third kappa shape index (κ3) is 11.7. The van der Waals surface area contributed by atoms with Gasteiger partial charge in [0.25, 0.3) is 0 Å². The van der Waals surface area contributed by atoms with E-state index in [1.165, 1.54) is 5.57 Å². The highest BCUT2D eigenvalue weighted by atomic mass is 16.8. The van der Waals surface area contributed by atoms with E-state index in [1.807, 2.05) is 20.8 Å². The van der Waals surface area contributed by atoms with Gasteiger partial charge in [-0.25, -0.2) is 4.79 Å². The van der Waals surface area contributed by atoms with Gasteiger partial charge in [-0.15, -0.1) is 0 Å². The molecule has 89 heavy (non-hydrogen) atoms. The average Bonchev–Trinajstić information content (AvgIpc) is 0.730. The normalized spacial score (nSPS) is 54.1. The van der Waals surface area contributed by atoms with Gasteiger partial charge >= 0.3 is 11.9 Å². The van der Waals surface area contributed by atoms with Crippen molar-refractivity contribution < 1.29 is 143 Å². The lowest BCUT2D eigenvalue weighted by atomic mass is 9.33. The minimum Gasteiger partial charge on any atom is -0.479 e. The topological polar surface area (TPSA) is 459 Å². The summed E-state index contributed by atoms with van der Waals surface area (Å²) >= 11 is 0. The van der Waals surface area contributed by atoms with Gasteiger partial charge in [0.1, 0.15) is 97.7 Å². The van der Waals surface area contributed by atoms with Gasteiger partial charge in [0, 0.05) is 17.8 Å². The van der Waals surface area contributed by atoms with Crippen LogP contribution in [0.15, 0.2) is 11.6 Å². The first kappa shape index (κ1) is 69.5. The van der Waals surface area contributed by atoms with Crippen molar-refractivity contribution in [2.75, 3.05) is 33.0 Å². The molecule has 0 spiro atoms. The van der Waals surface area contributed by atoms with Gasteiger partial charge in [-0.05, 0) is 90.8 Å². The highest BCUT2D eigenvalue weighted by molar-refractivity contribution is 5.73. The molecular formula is C60H96O29. The zero-order valence-electron chi connectivity index (χ0n) is 51.5. The second-order valence-corrected chi connectivity index (χ2v) is 28.9. The number of carboxylic acid groups (broad SMARTS) is 1. The number of allylic oxidation sites excluding steroid dienone is 2. The van der Waals surface area contributed by atoms with Crippen molar-refractivity contribution in [2.45, 2.75) is 266 Å². The second kappa shape index (κ2) is 25.7. The number of esters is 1. The zero-order valence-corrected chi connectivity index (χ0v) is 51.5. The zero-order chi connectivity index (χ0) is 65.2. The molecule has 5 aliphatic carbocycles. The number of ether oxygens (including phenoxy) is 11. The fourth-order valence-electron chi connectivity index (χ4n) is 17.9. The van der Waals surface area contributed by atoms with E-state index in [0.717, 1.165) is 6.92 Å². The summed E-state index contributed by atoms with van der Waals surface area (Å²) in [4.78, 5) is 24.7. The van der Waals surface area contributed by atoms with Crippen molar-refractivity contribution in [2.24, 2.45) is 50.2 Å². The largest absolute Gasteiger partial charge is 0.479 e. The predicted octanol–water partition coefficient (Wildman–Crippen LogP) is -3.85. The summed E-state index contributed by atoms with van der Waals surface area (Å²) in [6, 6.07) is 0. The molecule has 5 aliphatic heterocycles. The number of rotatable bonds is 15. The van der Waals surface area contributed by atoms with Crippen LogP contribution in [-0.2, 0) is 61.7 Å². The van der Waals surface area contributed by atoms with Crippen LogP contribution in [0.2, 0.25) is 0 Å². The molecule has 29 nitrogen and oxygen atoms in total. The number of carbonyl (C=O) groups excluding carboxylic acids is 1. The number of aliphatic hydroxyl groups is 15. The summed E-state index contributed by atoms with van der Waals surface area (Å²) in [5, 5.41) is 176. The lowest BCUT2D eigenvalue weighted by Gasteiger charge is -2.72. The second-order valence-electron chi connectivity index (χ2n) is 28.9. The van der Waals surface area contributed by atoms with E-state index in [0.29, 0.717) is 44.9 Å². The molecular weight excluding hydrogens is 1180 g/mol. The molecule has 34 unspecified atom stereocenters. The van der Waals surface area contributed by atoms with Gasteiger partial charge in [0.15, 0.2) is 43.7 Å². The monoisotopic (exact) mass is 1280 g/mol. The highest BCUT2D eigenvalue weighted by Gasteiger charge is 2.71. The van der Waals surface area contributed by atoms with Crippen molar-refractivity contribution in [3.63, 3.8) is 0 Å². The molecule has 4 saturated carbocycles. The van der Waals surface area contributed by atoms with Crippen LogP contribution in [0.3, 0.4) is 0 Å². The van der Waals surface area contributed by atoms with Gasteiger partial charge in [-0.1, -0.05) is 60.1 Å². The summed E-state index contributed by atoms with van der Waals surface area (Å²) in [5.74, 6) is -2.83. The quantitative estimate of drug-likeness (QED) is 0.0424. The van der Waals surface area contributed by atoms with Crippen LogP contribution in [0.5, 0.6) is 0 Å². The molecule has 0 aromatic heterocycles. The lowest BCUT2D eigenvalue weighted by molar-refractivity contribution is -0.397. The summed E-state index contributed by atoms with van der Waals surface area (Å²) < 4.78 is 65.8. The maximum atomic E-state index is 12.7. The summed E-state index contributed by atoms with van der Waals surface area (Å²) in [6.07, 6.45) is -36.7. The fraction of sp³-hybridized carbons (Fsp3) is 0.933. The Morgan fingerprint density at radius 3 is 1.76 bits per heavy atom. The van der Waals surface area contributed by atoms with Crippen LogP contribution >= 0.6 is 0 Å².